The van der Waals surface area contributed by atoms with E-state index in [1.165, 1.54) is 5.57 Å². The van der Waals surface area contributed by atoms with Crippen LogP contribution in [0, 0.1) is 0 Å². The van der Waals surface area contributed by atoms with Crippen LogP contribution in [0.5, 0.6) is 0 Å². The molecule has 0 aliphatic carbocycles. The molecule has 11 heavy (non-hydrogen) atoms. The third kappa shape index (κ3) is 4.31. The first-order valence-electron chi connectivity index (χ1n) is 3.54. The van der Waals surface area contributed by atoms with Crippen molar-refractivity contribution >= 4 is 6.29 Å². The predicted molar refractivity (Wildman–Crippen MR) is 48.4 cm³/mol. The molecule has 0 rings (SSSR count). The standard InChI is InChI=1S/C10H14O/c1-8(2)5-6-10(7-11)9(3)4/h5-7H,3H2,1-2,4H3/b10-6-. The van der Waals surface area contributed by atoms with Crippen molar-refractivity contribution in [3.05, 3.63) is 35.5 Å². The summed E-state index contributed by atoms with van der Waals surface area (Å²) in [5.74, 6) is 0. The van der Waals surface area contributed by atoms with E-state index < -0.39 is 0 Å². The van der Waals surface area contributed by atoms with E-state index >= 15 is 0 Å². The Kier molecular flexibility index (Phi) is 4.20. The molecule has 0 unspecified atom stereocenters. The summed E-state index contributed by atoms with van der Waals surface area (Å²) in [6.07, 6.45) is 4.50. The van der Waals surface area contributed by atoms with E-state index in [1.807, 2.05) is 26.8 Å². The summed E-state index contributed by atoms with van der Waals surface area (Å²) in [4.78, 5) is 10.4. The van der Waals surface area contributed by atoms with Crippen LogP contribution in [0.2, 0.25) is 0 Å². The van der Waals surface area contributed by atoms with Crippen molar-refractivity contribution < 1.29 is 4.79 Å². The molecule has 0 spiro atoms. The van der Waals surface area contributed by atoms with Crippen LogP contribution < -0.4 is 0 Å². The van der Waals surface area contributed by atoms with E-state index in [4.69, 9.17) is 0 Å². The Morgan fingerprint density at radius 1 is 1.18 bits per heavy atom. The van der Waals surface area contributed by atoms with Gasteiger partial charge in [0.2, 0.25) is 0 Å². The molecule has 0 aliphatic rings. The van der Waals surface area contributed by atoms with E-state index in [2.05, 4.69) is 6.58 Å². The number of rotatable bonds is 3. The first-order chi connectivity index (χ1) is 5.07. The topological polar surface area (TPSA) is 17.1 Å². The molecule has 0 saturated carbocycles. The molecule has 0 saturated heterocycles. The van der Waals surface area contributed by atoms with Gasteiger partial charge in [-0.1, -0.05) is 24.3 Å². The Hall–Kier alpha value is -1.11. The molecule has 60 valence electrons. The van der Waals surface area contributed by atoms with Gasteiger partial charge < -0.3 is 0 Å². The van der Waals surface area contributed by atoms with Gasteiger partial charge in [0.25, 0.3) is 0 Å². The minimum atomic E-state index is 0.659. The van der Waals surface area contributed by atoms with Crippen molar-refractivity contribution in [3.63, 3.8) is 0 Å². The normalized spacial score (nSPS) is 10.6. The maximum Gasteiger partial charge on any atom is 0.150 e. The lowest BCUT2D eigenvalue weighted by molar-refractivity contribution is -0.104. The average Bonchev–Trinajstić information content (AvgIpc) is 1.87. The fourth-order valence-corrected chi connectivity index (χ4v) is 0.539. The molecule has 0 bridgehead atoms. The summed E-state index contributed by atoms with van der Waals surface area (Å²) >= 11 is 0. The highest BCUT2D eigenvalue weighted by Gasteiger charge is 1.91. The van der Waals surface area contributed by atoms with Crippen LogP contribution in [0.3, 0.4) is 0 Å². The minimum absolute atomic E-state index is 0.659. The van der Waals surface area contributed by atoms with Gasteiger partial charge in [0.05, 0.1) is 0 Å². The largest absolute Gasteiger partial charge is 0.298 e. The van der Waals surface area contributed by atoms with Crippen LogP contribution in [-0.4, -0.2) is 6.29 Å². The second kappa shape index (κ2) is 4.67. The summed E-state index contributed by atoms with van der Waals surface area (Å²) in [5.41, 5.74) is 2.63. The Labute approximate surface area is 68.1 Å². The lowest BCUT2D eigenvalue weighted by Gasteiger charge is -1.93. The molecule has 0 heterocycles. The highest BCUT2D eigenvalue weighted by atomic mass is 16.1. The van der Waals surface area contributed by atoms with E-state index in [0.29, 0.717) is 5.57 Å². The third-order valence-electron chi connectivity index (χ3n) is 1.22. The van der Waals surface area contributed by atoms with Gasteiger partial charge in [0.1, 0.15) is 6.29 Å². The number of allylic oxidation sites excluding steroid dienone is 5. The van der Waals surface area contributed by atoms with Crippen molar-refractivity contribution in [2.45, 2.75) is 20.8 Å². The lowest BCUT2D eigenvalue weighted by atomic mass is 10.1. The van der Waals surface area contributed by atoms with Crippen LogP contribution in [0.1, 0.15) is 20.8 Å². The van der Waals surface area contributed by atoms with Gasteiger partial charge in [-0.2, -0.15) is 0 Å². The van der Waals surface area contributed by atoms with Crippen molar-refractivity contribution in [3.8, 4) is 0 Å². The molecule has 0 amide bonds. The Bertz CT molecular complexity index is 215. The molecule has 0 aromatic carbocycles. The maximum absolute atomic E-state index is 10.4. The Morgan fingerprint density at radius 3 is 2.00 bits per heavy atom. The first kappa shape index (κ1) is 9.89. The zero-order valence-electron chi connectivity index (χ0n) is 7.35. The van der Waals surface area contributed by atoms with Gasteiger partial charge in [-0.15, -0.1) is 0 Å². The molecule has 0 N–H and O–H groups in total. The molecule has 0 aromatic heterocycles. The SMILES string of the molecule is C=C(C)/C(C=O)=C\C=C(C)C. The molecular weight excluding hydrogens is 136 g/mol. The molecule has 1 heteroatoms. The van der Waals surface area contributed by atoms with E-state index in [0.717, 1.165) is 11.9 Å². The zero-order chi connectivity index (χ0) is 8.85. The molecule has 0 radical (unpaired) electrons. The van der Waals surface area contributed by atoms with Crippen molar-refractivity contribution in [2.75, 3.05) is 0 Å². The Balaban J connectivity index is 4.50. The minimum Gasteiger partial charge on any atom is -0.298 e. The summed E-state index contributed by atoms with van der Waals surface area (Å²) in [6, 6.07) is 0. The van der Waals surface area contributed by atoms with Gasteiger partial charge >= 0.3 is 0 Å². The highest BCUT2D eigenvalue weighted by molar-refractivity contribution is 5.80. The molecule has 0 aromatic rings. The molecule has 0 aliphatic heterocycles. The van der Waals surface area contributed by atoms with E-state index in [9.17, 15) is 4.79 Å². The smallest absolute Gasteiger partial charge is 0.150 e. The third-order valence-corrected chi connectivity index (χ3v) is 1.22. The van der Waals surface area contributed by atoms with E-state index in [-0.39, 0.29) is 0 Å². The second-order valence-corrected chi connectivity index (χ2v) is 2.76. The van der Waals surface area contributed by atoms with Gasteiger partial charge in [-0.25, -0.2) is 0 Å². The van der Waals surface area contributed by atoms with Gasteiger partial charge in [0, 0.05) is 5.57 Å². The van der Waals surface area contributed by atoms with Crippen molar-refractivity contribution in [2.24, 2.45) is 0 Å². The highest BCUT2D eigenvalue weighted by Crippen LogP contribution is 2.03. The van der Waals surface area contributed by atoms with Gasteiger partial charge in [-0.05, 0) is 26.3 Å². The van der Waals surface area contributed by atoms with Crippen LogP contribution in [-0.2, 0) is 4.79 Å². The monoisotopic (exact) mass is 150 g/mol. The number of hydrogen-bond donors (Lipinski definition) is 0. The summed E-state index contributed by atoms with van der Waals surface area (Å²) in [5, 5.41) is 0. The quantitative estimate of drug-likeness (QED) is 0.343. The van der Waals surface area contributed by atoms with Gasteiger partial charge in [0.15, 0.2) is 0 Å². The number of aldehydes is 1. The van der Waals surface area contributed by atoms with Crippen LogP contribution in [0.25, 0.3) is 0 Å². The molecule has 0 atom stereocenters. The van der Waals surface area contributed by atoms with Crippen molar-refractivity contribution in [1.29, 1.82) is 0 Å². The fourth-order valence-electron chi connectivity index (χ4n) is 0.539. The molecule has 1 nitrogen and oxygen atoms in total. The van der Waals surface area contributed by atoms with Crippen LogP contribution in [0.4, 0.5) is 0 Å². The van der Waals surface area contributed by atoms with Gasteiger partial charge in [-0.3, -0.25) is 4.79 Å². The maximum atomic E-state index is 10.4. The van der Waals surface area contributed by atoms with E-state index in [1.54, 1.807) is 6.08 Å². The van der Waals surface area contributed by atoms with Crippen LogP contribution >= 0.6 is 0 Å². The second-order valence-electron chi connectivity index (χ2n) is 2.76. The number of carbonyl (C=O) groups is 1. The first-order valence-corrected chi connectivity index (χ1v) is 3.54. The molecule has 0 fully saturated rings. The Morgan fingerprint density at radius 2 is 1.73 bits per heavy atom. The van der Waals surface area contributed by atoms with Crippen molar-refractivity contribution in [1.82, 2.24) is 0 Å². The summed E-state index contributed by atoms with van der Waals surface area (Å²) < 4.78 is 0. The number of carbonyl (C=O) groups excluding carboxylic acids is 1. The number of hydrogen-bond acceptors (Lipinski definition) is 1. The zero-order valence-corrected chi connectivity index (χ0v) is 7.35. The average molecular weight is 150 g/mol. The molecular formula is C10H14O. The summed E-state index contributed by atoms with van der Waals surface area (Å²) in [7, 11) is 0. The van der Waals surface area contributed by atoms with Crippen LogP contribution in [0.15, 0.2) is 35.5 Å². The summed E-state index contributed by atoms with van der Waals surface area (Å²) in [6.45, 7) is 9.46. The predicted octanol–water partition coefficient (Wildman–Crippen LogP) is 2.65. The lowest BCUT2D eigenvalue weighted by Crippen LogP contribution is -1.83. The fraction of sp³-hybridized carbons (Fsp3) is 0.300.